The van der Waals surface area contributed by atoms with Crippen LogP contribution in [0.4, 0.5) is 4.79 Å². The van der Waals surface area contributed by atoms with Crippen molar-refractivity contribution in [3.63, 3.8) is 0 Å². The van der Waals surface area contributed by atoms with Gasteiger partial charge in [0.25, 0.3) is 0 Å². The van der Waals surface area contributed by atoms with Crippen LogP contribution in [-0.4, -0.2) is 48.7 Å². The maximum absolute atomic E-state index is 12.2. The Hall–Kier alpha value is -2.15. The number of nitrogens with zero attached hydrogens (tertiary/aromatic N) is 1. The number of phenols is 1. The number of fused-ring (bicyclic) bond motifs is 3. The summed E-state index contributed by atoms with van der Waals surface area (Å²) in [6.45, 7) is 6.33. The van der Waals surface area contributed by atoms with Gasteiger partial charge in [-0.3, -0.25) is 0 Å². The van der Waals surface area contributed by atoms with Crippen LogP contribution in [0.25, 0.3) is 0 Å². The number of rotatable bonds is 2. The van der Waals surface area contributed by atoms with E-state index in [9.17, 15) is 9.90 Å². The van der Waals surface area contributed by atoms with E-state index in [4.69, 9.17) is 18.9 Å². The van der Waals surface area contributed by atoms with E-state index in [1.54, 1.807) is 13.1 Å². The van der Waals surface area contributed by atoms with Gasteiger partial charge >= 0.3 is 6.09 Å². The Morgan fingerprint density at radius 2 is 2.17 bits per heavy atom. The van der Waals surface area contributed by atoms with Crippen LogP contribution in [0, 0.1) is 0 Å². The number of hydrogen-bond donors (Lipinski definition) is 1. The summed E-state index contributed by atoms with van der Waals surface area (Å²) in [5.74, 6) is 1.26. The number of hydrogen-bond acceptors (Lipinski definition) is 6. The quantitative estimate of drug-likeness (QED) is 0.894. The van der Waals surface area contributed by atoms with E-state index < -0.39 is 17.8 Å². The van der Waals surface area contributed by atoms with Crippen molar-refractivity contribution in [1.82, 2.24) is 4.90 Å². The number of phenolic OH excluding ortho intramolecular Hbond substituents is 1. The molecule has 0 fully saturated rings. The molecular formula is C17H23NO6. The highest BCUT2D eigenvalue weighted by Crippen LogP contribution is 2.47. The van der Waals surface area contributed by atoms with Gasteiger partial charge in [0.1, 0.15) is 17.5 Å². The number of benzene rings is 1. The first-order valence-corrected chi connectivity index (χ1v) is 7.96. The van der Waals surface area contributed by atoms with Crippen LogP contribution in [-0.2, 0) is 15.9 Å². The molecule has 132 valence electrons. The van der Waals surface area contributed by atoms with E-state index in [0.29, 0.717) is 31.1 Å². The number of amides is 1. The third-order valence-electron chi connectivity index (χ3n) is 3.93. The first-order valence-electron chi connectivity index (χ1n) is 7.96. The molecule has 0 saturated heterocycles. The Bertz CT molecular complexity index is 648. The SMILES string of the molecule is CN(CC1OCCc2c(O)cc3c(c21)OCO3)C(=O)OC(C)(C)C. The zero-order chi connectivity index (χ0) is 17.5. The molecule has 1 amide bonds. The molecular weight excluding hydrogens is 314 g/mol. The highest BCUT2D eigenvalue weighted by molar-refractivity contribution is 5.68. The van der Waals surface area contributed by atoms with Gasteiger partial charge in [-0.2, -0.15) is 0 Å². The molecule has 0 saturated carbocycles. The molecule has 1 atom stereocenters. The van der Waals surface area contributed by atoms with Crippen LogP contribution in [0.5, 0.6) is 17.2 Å². The largest absolute Gasteiger partial charge is 0.508 e. The highest BCUT2D eigenvalue weighted by Gasteiger charge is 2.34. The average molecular weight is 337 g/mol. The van der Waals surface area contributed by atoms with Gasteiger partial charge in [-0.15, -0.1) is 0 Å². The third kappa shape index (κ3) is 3.21. The van der Waals surface area contributed by atoms with Gasteiger partial charge in [0.15, 0.2) is 11.5 Å². The van der Waals surface area contributed by atoms with Crippen LogP contribution >= 0.6 is 0 Å². The Morgan fingerprint density at radius 1 is 1.42 bits per heavy atom. The zero-order valence-corrected chi connectivity index (χ0v) is 14.4. The van der Waals surface area contributed by atoms with E-state index in [1.165, 1.54) is 4.90 Å². The number of aromatic hydroxyl groups is 1. The van der Waals surface area contributed by atoms with Crippen LogP contribution in [0.2, 0.25) is 0 Å². The van der Waals surface area contributed by atoms with Crippen molar-refractivity contribution in [2.24, 2.45) is 0 Å². The molecule has 0 spiro atoms. The summed E-state index contributed by atoms with van der Waals surface area (Å²) < 4.78 is 22.1. The standard InChI is InChI=1S/C17H23NO6/c1-17(2,3)24-16(20)18(4)8-13-14-10(5-6-21-13)11(19)7-12-15(14)23-9-22-12/h7,13,19H,5-6,8-9H2,1-4H3. The van der Waals surface area contributed by atoms with Crippen LogP contribution in [0.15, 0.2) is 6.07 Å². The highest BCUT2D eigenvalue weighted by atomic mass is 16.7. The second-order valence-corrected chi connectivity index (χ2v) is 6.99. The van der Waals surface area contributed by atoms with Gasteiger partial charge in [0.05, 0.1) is 13.2 Å². The van der Waals surface area contributed by atoms with Crippen LogP contribution in [0.1, 0.15) is 38.0 Å². The Labute approximate surface area is 141 Å². The van der Waals surface area contributed by atoms with Crippen molar-refractivity contribution >= 4 is 6.09 Å². The fourth-order valence-electron chi connectivity index (χ4n) is 2.89. The summed E-state index contributed by atoms with van der Waals surface area (Å²) in [5.41, 5.74) is 0.977. The molecule has 0 aromatic heterocycles. The van der Waals surface area contributed by atoms with Crippen molar-refractivity contribution in [1.29, 1.82) is 0 Å². The molecule has 0 aliphatic carbocycles. The molecule has 0 radical (unpaired) electrons. The Balaban J connectivity index is 1.84. The van der Waals surface area contributed by atoms with E-state index in [0.717, 1.165) is 11.1 Å². The maximum Gasteiger partial charge on any atom is 0.410 e. The Morgan fingerprint density at radius 3 is 2.88 bits per heavy atom. The fourth-order valence-corrected chi connectivity index (χ4v) is 2.89. The van der Waals surface area contributed by atoms with Gasteiger partial charge in [-0.1, -0.05) is 0 Å². The van der Waals surface area contributed by atoms with E-state index in [2.05, 4.69) is 0 Å². The molecule has 2 heterocycles. The first kappa shape index (κ1) is 16.7. The third-order valence-corrected chi connectivity index (χ3v) is 3.93. The summed E-state index contributed by atoms with van der Waals surface area (Å²) >= 11 is 0. The van der Waals surface area contributed by atoms with Crippen molar-refractivity contribution in [2.45, 2.75) is 38.9 Å². The van der Waals surface area contributed by atoms with Gasteiger partial charge in [-0.25, -0.2) is 4.79 Å². The predicted octanol–water partition coefficient (Wildman–Crippen LogP) is 2.60. The molecule has 7 heteroatoms. The lowest BCUT2D eigenvalue weighted by Gasteiger charge is -2.31. The van der Waals surface area contributed by atoms with E-state index >= 15 is 0 Å². The van der Waals surface area contributed by atoms with Crippen molar-refractivity contribution in [2.75, 3.05) is 27.0 Å². The number of ether oxygens (including phenoxy) is 4. The molecule has 1 aromatic rings. The molecule has 1 aromatic carbocycles. The van der Waals surface area contributed by atoms with Gasteiger partial charge in [-0.05, 0) is 27.2 Å². The number of carbonyl (C=O) groups excluding carboxylic acids is 1. The molecule has 0 bridgehead atoms. The molecule has 7 nitrogen and oxygen atoms in total. The lowest BCUT2D eigenvalue weighted by molar-refractivity contribution is -0.00283. The summed E-state index contributed by atoms with van der Waals surface area (Å²) in [5, 5.41) is 10.2. The molecule has 2 aliphatic heterocycles. The smallest absolute Gasteiger partial charge is 0.410 e. The normalized spacial score (nSPS) is 18.9. The molecule has 1 unspecified atom stereocenters. The topological polar surface area (TPSA) is 77.5 Å². The molecule has 24 heavy (non-hydrogen) atoms. The fraction of sp³-hybridized carbons (Fsp3) is 0.588. The lowest BCUT2D eigenvalue weighted by atomic mass is 9.94. The predicted molar refractivity (Wildman–Crippen MR) is 85.5 cm³/mol. The zero-order valence-electron chi connectivity index (χ0n) is 14.4. The van der Waals surface area contributed by atoms with Gasteiger partial charge in [0.2, 0.25) is 6.79 Å². The minimum Gasteiger partial charge on any atom is -0.508 e. The number of likely N-dealkylation sites (N-methyl/N-ethyl adjacent to an activating group) is 1. The molecule has 3 rings (SSSR count). The first-order chi connectivity index (χ1) is 11.3. The van der Waals surface area contributed by atoms with Crippen molar-refractivity contribution in [3.8, 4) is 17.2 Å². The number of carbonyl (C=O) groups is 1. The summed E-state index contributed by atoms with van der Waals surface area (Å²) in [6.07, 6.45) is -0.245. The van der Waals surface area contributed by atoms with Gasteiger partial charge < -0.3 is 29.0 Å². The Kier molecular flexibility index (Phi) is 4.21. The monoisotopic (exact) mass is 337 g/mol. The van der Waals surface area contributed by atoms with E-state index in [-0.39, 0.29) is 12.5 Å². The minimum absolute atomic E-state index is 0.111. The summed E-state index contributed by atoms with van der Waals surface area (Å²) in [6, 6.07) is 1.57. The average Bonchev–Trinajstić information content (AvgIpc) is 2.93. The second kappa shape index (κ2) is 6.05. The summed E-state index contributed by atoms with van der Waals surface area (Å²) in [7, 11) is 1.66. The van der Waals surface area contributed by atoms with Gasteiger partial charge in [0, 0.05) is 24.2 Å². The van der Waals surface area contributed by atoms with Crippen LogP contribution in [0.3, 0.4) is 0 Å². The van der Waals surface area contributed by atoms with Crippen molar-refractivity contribution in [3.05, 3.63) is 17.2 Å². The maximum atomic E-state index is 12.2. The second-order valence-electron chi connectivity index (χ2n) is 6.99. The van der Waals surface area contributed by atoms with E-state index in [1.807, 2.05) is 20.8 Å². The lowest BCUT2D eigenvalue weighted by Crippen LogP contribution is -2.38. The molecule has 1 N–H and O–H groups in total. The molecule has 2 aliphatic rings. The van der Waals surface area contributed by atoms with Crippen LogP contribution < -0.4 is 9.47 Å². The van der Waals surface area contributed by atoms with Crippen molar-refractivity contribution < 1.29 is 28.8 Å². The summed E-state index contributed by atoms with van der Waals surface area (Å²) in [4.78, 5) is 13.7. The minimum atomic E-state index is -0.562.